The molecule has 0 bridgehead atoms. The van der Waals surface area contributed by atoms with Gasteiger partial charge in [0, 0.05) is 25.2 Å². The number of nitrogens with one attached hydrogen (secondary N) is 3. The maximum absolute atomic E-state index is 11.8. The fourth-order valence-electron chi connectivity index (χ4n) is 2.50. The summed E-state index contributed by atoms with van der Waals surface area (Å²) in [4.78, 5) is 16.5. The monoisotopic (exact) mass is 386 g/mol. The Balaban J connectivity index is 1.88. The van der Waals surface area contributed by atoms with Gasteiger partial charge in [0.25, 0.3) is 5.91 Å². The fraction of sp³-hybridized carbons (Fsp3) is 0.429. The topological polar surface area (TPSA) is 87.9 Å². The Hall–Kier alpha value is -2.96. The van der Waals surface area contributed by atoms with Gasteiger partial charge in [0.2, 0.25) is 0 Å². The van der Waals surface area contributed by atoms with E-state index in [0.717, 1.165) is 29.8 Å². The summed E-state index contributed by atoms with van der Waals surface area (Å²) in [6, 6.07) is 9.48. The van der Waals surface area contributed by atoms with E-state index >= 15 is 0 Å². The maximum atomic E-state index is 11.8. The summed E-state index contributed by atoms with van der Waals surface area (Å²) in [6.07, 6.45) is 2.44. The molecule has 0 saturated carbocycles. The zero-order valence-corrected chi connectivity index (χ0v) is 16.9. The highest BCUT2D eigenvalue weighted by Gasteiger charge is 2.07. The van der Waals surface area contributed by atoms with Crippen LogP contribution < -0.4 is 20.7 Å². The molecule has 1 aromatic heterocycles. The molecule has 2 rings (SSSR count). The second kappa shape index (κ2) is 11.7. The first kappa shape index (κ1) is 21.3. The Morgan fingerprint density at radius 2 is 1.96 bits per heavy atom. The van der Waals surface area contributed by atoms with Crippen molar-refractivity contribution in [3.05, 3.63) is 53.5 Å². The standard InChI is InChI=1S/C21H30N4O3/c1-4-12-27-19-14-16(3)8-9-17(19)15-25-21(22-5-2)24-11-10-23-20(26)18-7-6-13-28-18/h6-9,13-14H,4-5,10-12,15H2,1-3H3,(H,23,26)(H2,22,24,25). The minimum Gasteiger partial charge on any atom is -0.493 e. The van der Waals surface area contributed by atoms with Gasteiger partial charge < -0.3 is 25.1 Å². The molecule has 28 heavy (non-hydrogen) atoms. The van der Waals surface area contributed by atoms with Crippen LogP contribution in [0.4, 0.5) is 0 Å². The minimum atomic E-state index is -0.230. The van der Waals surface area contributed by atoms with Crippen LogP contribution in [0.1, 0.15) is 41.9 Å². The number of furan rings is 1. The molecule has 0 aliphatic rings. The minimum absolute atomic E-state index is 0.230. The summed E-state index contributed by atoms with van der Waals surface area (Å²) in [6.45, 7) is 9.10. The van der Waals surface area contributed by atoms with Gasteiger partial charge in [-0.25, -0.2) is 4.99 Å². The zero-order chi connectivity index (χ0) is 20.2. The average molecular weight is 386 g/mol. The van der Waals surface area contributed by atoms with Gasteiger partial charge in [-0.15, -0.1) is 0 Å². The molecule has 152 valence electrons. The fourth-order valence-corrected chi connectivity index (χ4v) is 2.50. The Labute approximate surface area is 166 Å². The molecule has 3 N–H and O–H groups in total. The van der Waals surface area contributed by atoms with Gasteiger partial charge in [0.05, 0.1) is 19.4 Å². The third kappa shape index (κ3) is 6.98. The molecule has 0 spiro atoms. The van der Waals surface area contributed by atoms with E-state index in [-0.39, 0.29) is 5.91 Å². The van der Waals surface area contributed by atoms with Crippen molar-refractivity contribution in [2.24, 2.45) is 4.99 Å². The molecule has 7 heteroatoms. The molecular weight excluding hydrogens is 356 g/mol. The quantitative estimate of drug-likeness (QED) is 0.332. The van der Waals surface area contributed by atoms with Gasteiger partial charge >= 0.3 is 0 Å². The first-order chi connectivity index (χ1) is 13.6. The Bertz CT molecular complexity index is 757. The van der Waals surface area contributed by atoms with Crippen LogP contribution in [0.15, 0.2) is 46.0 Å². The normalized spacial score (nSPS) is 11.2. The Kier molecular flexibility index (Phi) is 8.91. The van der Waals surface area contributed by atoms with E-state index in [1.54, 1.807) is 12.1 Å². The van der Waals surface area contributed by atoms with E-state index < -0.39 is 0 Å². The molecule has 1 aromatic carbocycles. The number of rotatable bonds is 10. The molecule has 2 aromatic rings. The van der Waals surface area contributed by atoms with Crippen LogP contribution in [0, 0.1) is 6.92 Å². The summed E-state index contributed by atoms with van der Waals surface area (Å²) in [5, 5.41) is 9.22. The van der Waals surface area contributed by atoms with Crippen molar-refractivity contribution in [3.8, 4) is 5.75 Å². The van der Waals surface area contributed by atoms with Crippen molar-refractivity contribution >= 4 is 11.9 Å². The molecule has 7 nitrogen and oxygen atoms in total. The summed E-state index contributed by atoms with van der Waals surface area (Å²) in [5.41, 5.74) is 2.21. The lowest BCUT2D eigenvalue weighted by Gasteiger charge is -2.13. The van der Waals surface area contributed by atoms with Crippen LogP contribution >= 0.6 is 0 Å². The molecule has 0 aliphatic carbocycles. The first-order valence-corrected chi connectivity index (χ1v) is 9.70. The van der Waals surface area contributed by atoms with Crippen LogP contribution in [-0.4, -0.2) is 38.1 Å². The summed E-state index contributed by atoms with van der Waals surface area (Å²) >= 11 is 0. The number of amides is 1. The van der Waals surface area contributed by atoms with Crippen LogP contribution in [0.25, 0.3) is 0 Å². The Morgan fingerprint density at radius 3 is 2.68 bits per heavy atom. The van der Waals surface area contributed by atoms with Gasteiger partial charge in [-0.1, -0.05) is 19.1 Å². The maximum Gasteiger partial charge on any atom is 0.287 e. The van der Waals surface area contributed by atoms with Crippen molar-refractivity contribution < 1.29 is 13.9 Å². The lowest BCUT2D eigenvalue weighted by Crippen LogP contribution is -2.41. The van der Waals surface area contributed by atoms with Crippen molar-refractivity contribution in [3.63, 3.8) is 0 Å². The number of hydrogen-bond acceptors (Lipinski definition) is 4. The lowest BCUT2D eigenvalue weighted by atomic mass is 10.1. The largest absolute Gasteiger partial charge is 0.493 e. The summed E-state index contributed by atoms with van der Waals surface area (Å²) in [7, 11) is 0. The van der Waals surface area contributed by atoms with E-state index in [0.29, 0.717) is 38.0 Å². The van der Waals surface area contributed by atoms with Crippen LogP contribution in [0.2, 0.25) is 0 Å². The molecule has 0 fully saturated rings. The SMILES string of the molecule is CCCOc1cc(C)ccc1CN=C(NCC)NCCNC(=O)c1ccco1. The molecule has 0 atom stereocenters. The second-order valence-electron chi connectivity index (χ2n) is 6.31. The number of aliphatic imine (C=N–C) groups is 1. The van der Waals surface area contributed by atoms with Gasteiger partial charge in [0.15, 0.2) is 11.7 Å². The van der Waals surface area contributed by atoms with Crippen molar-refractivity contribution in [2.75, 3.05) is 26.2 Å². The van der Waals surface area contributed by atoms with Crippen LogP contribution in [-0.2, 0) is 6.54 Å². The lowest BCUT2D eigenvalue weighted by molar-refractivity contribution is 0.0926. The Morgan fingerprint density at radius 1 is 1.14 bits per heavy atom. The van der Waals surface area contributed by atoms with Gasteiger partial charge in [0.1, 0.15) is 5.75 Å². The number of guanidine groups is 1. The molecule has 0 radical (unpaired) electrons. The third-order valence-electron chi connectivity index (χ3n) is 3.88. The molecule has 0 aliphatic heterocycles. The molecular formula is C21H30N4O3. The molecule has 0 saturated heterocycles. The van der Waals surface area contributed by atoms with Gasteiger partial charge in [-0.3, -0.25) is 4.79 Å². The number of nitrogens with zero attached hydrogens (tertiary/aromatic N) is 1. The highest BCUT2D eigenvalue weighted by atomic mass is 16.5. The number of ether oxygens (including phenoxy) is 1. The summed E-state index contributed by atoms with van der Waals surface area (Å²) < 4.78 is 10.9. The number of aryl methyl sites for hydroxylation is 1. The van der Waals surface area contributed by atoms with Crippen LogP contribution in [0.5, 0.6) is 5.75 Å². The summed E-state index contributed by atoms with van der Waals surface area (Å²) in [5.74, 6) is 1.65. The molecule has 1 heterocycles. The zero-order valence-electron chi connectivity index (χ0n) is 16.9. The van der Waals surface area contributed by atoms with Crippen molar-refractivity contribution in [2.45, 2.75) is 33.7 Å². The first-order valence-electron chi connectivity index (χ1n) is 9.70. The number of hydrogen-bond donors (Lipinski definition) is 3. The highest BCUT2D eigenvalue weighted by molar-refractivity contribution is 5.91. The third-order valence-corrected chi connectivity index (χ3v) is 3.88. The van der Waals surface area contributed by atoms with Crippen molar-refractivity contribution in [1.29, 1.82) is 0 Å². The van der Waals surface area contributed by atoms with Crippen molar-refractivity contribution in [1.82, 2.24) is 16.0 Å². The van der Waals surface area contributed by atoms with Gasteiger partial charge in [-0.2, -0.15) is 0 Å². The average Bonchev–Trinajstić information content (AvgIpc) is 3.23. The highest BCUT2D eigenvalue weighted by Crippen LogP contribution is 2.21. The van der Waals surface area contributed by atoms with E-state index in [4.69, 9.17) is 9.15 Å². The van der Waals surface area contributed by atoms with E-state index in [1.807, 2.05) is 13.0 Å². The van der Waals surface area contributed by atoms with E-state index in [1.165, 1.54) is 6.26 Å². The molecule has 0 unspecified atom stereocenters. The number of carbonyl (C=O) groups is 1. The van der Waals surface area contributed by atoms with E-state index in [9.17, 15) is 4.79 Å². The van der Waals surface area contributed by atoms with E-state index in [2.05, 4.69) is 46.9 Å². The number of benzene rings is 1. The predicted molar refractivity (Wildman–Crippen MR) is 111 cm³/mol. The number of carbonyl (C=O) groups excluding carboxylic acids is 1. The second-order valence-corrected chi connectivity index (χ2v) is 6.31. The smallest absolute Gasteiger partial charge is 0.287 e. The van der Waals surface area contributed by atoms with Gasteiger partial charge in [-0.05, 0) is 44.0 Å². The molecule has 1 amide bonds. The van der Waals surface area contributed by atoms with Crippen LogP contribution in [0.3, 0.4) is 0 Å². The predicted octanol–water partition coefficient (Wildman–Crippen LogP) is 2.86.